The normalized spacial score (nSPS) is 15.3. The van der Waals surface area contributed by atoms with E-state index in [2.05, 4.69) is 31.4 Å². The van der Waals surface area contributed by atoms with Crippen LogP contribution < -0.4 is 10.6 Å². The summed E-state index contributed by atoms with van der Waals surface area (Å²) in [5.41, 5.74) is 1.69. The van der Waals surface area contributed by atoms with Crippen LogP contribution in [-0.2, 0) is 15.0 Å². The molecule has 6 nitrogen and oxygen atoms in total. The van der Waals surface area contributed by atoms with Crippen molar-refractivity contribution in [1.82, 2.24) is 15.5 Å². The van der Waals surface area contributed by atoms with Gasteiger partial charge >= 0.3 is 0 Å². The number of hydrogen-bond donors (Lipinski definition) is 2. The summed E-state index contributed by atoms with van der Waals surface area (Å²) >= 11 is 0. The predicted molar refractivity (Wildman–Crippen MR) is 106 cm³/mol. The van der Waals surface area contributed by atoms with Crippen molar-refractivity contribution in [3.8, 4) is 0 Å². The molecule has 1 aliphatic heterocycles. The van der Waals surface area contributed by atoms with Crippen molar-refractivity contribution in [2.24, 2.45) is 0 Å². The number of likely N-dealkylation sites (tertiary alicyclic amines) is 1. The monoisotopic (exact) mass is 373 g/mol. The number of nitrogens with zero attached hydrogens (tertiary/aromatic N) is 1. The van der Waals surface area contributed by atoms with Crippen LogP contribution >= 0.6 is 0 Å². The molecular weight excluding hydrogens is 342 g/mol. The van der Waals surface area contributed by atoms with E-state index in [0.29, 0.717) is 12.0 Å². The van der Waals surface area contributed by atoms with Crippen LogP contribution in [0.4, 0.5) is 0 Å². The van der Waals surface area contributed by atoms with Gasteiger partial charge < -0.3 is 15.5 Å². The number of amides is 3. The number of hydrogen-bond acceptors (Lipinski definition) is 3. The second-order valence-electron chi connectivity index (χ2n) is 8.15. The summed E-state index contributed by atoms with van der Waals surface area (Å²) < 4.78 is 0. The molecule has 2 N–H and O–H groups in total. The van der Waals surface area contributed by atoms with E-state index in [1.807, 2.05) is 17.0 Å². The molecule has 6 heteroatoms. The van der Waals surface area contributed by atoms with Gasteiger partial charge in [0.25, 0.3) is 5.91 Å². The fourth-order valence-corrected chi connectivity index (χ4v) is 3.04. The molecule has 27 heavy (non-hydrogen) atoms. The highest BCUT2D eigenvalue weighted by molar-refractivity contribution is 5.97. The average molecular weight is 373 g/mol. The number of carbonyl (C=O) groups is 3. The standard InChI is InChI=1S/C21H31N3O3/c1-15(19(26)22-12-11-18(25)24-13-5-6-14-24)23-20(27)16-7-9-17(10-8-16)21(2,3)4/h7-10,15H,5-6,11-14H2,1-4H3,(H,22,26)(H,23,27). The minimum absolute atomic E-state index is 0.0225. The number of rotatable bonds is 6. The summed E-state index contributed by atoms with van der Waals surface area (Å²) in [5.74, 6) is -0.501. The summed E-state index contributed by atoms with van der Waals surface area (Å²) in [4.78, 5) is 38.3. The molecule has 0 aromatic heterocycles. The summed E-state index contributed by atoms with van der Waals surface area (Å²) in [6.07, 6.45) is 2.40. The third-order valence-electron chi connectivity index (χ3n) is 4.85. The first-order valence-electron chi connectivity index (χ1n) is 9.65. The molecule has 1 atom stereocenters. The smallest absolute Gasteiger partial charge is 0.251 e. The number of carbonyl (C=O) groups excluding carboxylic acids is 3. The molecule has 1 aromatic carbocycles. The summed E-state index contributed by atoms with van der Waals surface area (Å²) in [6.45, 7) is 9.89. The van der Waals surface area contributed by atoms with Crippen LogP contribution in [0, 0.1) is 0 Å². The Morgan fingerprint density at radius 1 is 1.07 bits per heavy atom. The van der Waals surface area contributed by atoms with Gasteiger partial charge in [0.1, 0.15) is 6.04 Å². The molecule has 3 amide bonds. The molecule has 0 aliphatic carbocycles. The maximum atomic E-state index is 12.3. The molecule has 1 saturated heterocycles. The first-order chi connectivity index (χ1) is 12.7. The minimum Gasteiger partial charge on any atom is -0.354 e. The molecule has 1 heterocycles. The van der Waals surface area contributed by atoms with Gasteiger partial charge in [-0.3, -0.25) is 14.4 Å². The lowest BCUT2D eigenvalue weighted by Gasteiger charge is -2.19. The lowest BCUT2D eigenvalue weighted by Crippen LogP contribution is -2.45. The molecule has 2 rings (SSSR count). The fraction of sp³-hybridized carbons (Fsp3) is 0.571. The van der Waals surface area contributed by atoms with E-state index < -0.39 is 6.04 Å². The van der Waals surface area contributed by atoms with E-state index in [1.54, 1.807) is 19.1 Å². The average Bonchev–Trinajstić information content (AvgIpc) is 3.15. The predicted octanol–water partition coefficient (Wildman–Crippen LogP) is 2.23. The molecule has 1 aromatic rings. The quantitative estimate of drug-likeness (QED) is 0.803. The van der Waals surface area contributed by atoms with Crippen molar-refractivity contribution in [3.05, 3.63) is 35.4 Å². The Hall–Kier alpha value is -2.37. The highest BCUT2D eigenvalue weighted by Crippen LogP contribution is 2.22. The first kappa shape index (κ1) is 20.9. The lowest BCUT2D eigenvalue weighted by atomic mass is 9.86. The Balaban J connectivity index is 1.77. The zero-order valence-electron chi connectivity index (χ0n) is 16.8. The molecule has 148 valence electrons. The van der Waals surface area contributed by atoms with Crippen LogP contribution in [0.5, 0.6) is 0 Å². The van der Waals surface area contributed by atoms with Crippen LogP contribution in [0.3, 0.4) is 0 Å². The topological polar surface area (TPSA) is 78.5 Å². The van der Waals surface area contributed by atoms with Crippen LogP contribution in [0.15, 0.2) is 24.3 Å². The van der Waals surface area contributed by atoms with Crippen molar-refractivity contribution in [2.45, 2.75) is 58.4 Å². The van der Waals surface area contributed by atoms with Crippen LogP contribution in [0.25, 0.3) is 0 Å². The molecule has 0 saturated carbocycles. The Labute approximate surface area is 161 Å². The Morgan fingerprint density at radius 2 is 1.67 bits per heavy atom. The maximum absolute atomic E-state index is 12.3. The molecule has 0 radical (unpaired) electrons. The summed E-state index contributed by atoms with van der Waals surface area (Å²) in [5, 5.41) is 5.42. The van der Waals surface area contributed by atoms with Crippen LogP contribution in [0.2, 0.25) is 0 Å². The molecular formula is C21H31N3O3. The SMILES string of the molecule is CC(NC(=O)c1ccc(C(C)(C)C)cc1)C(=O)NCCC(=O)N1CCCC1. The summed E-state index contributed by atoms with van der Waals surface area (Å²) in [6, 6.07) is 6.75. The highest BCUT2D eigenvalue weighted by Gasteiger charge is 2.20. The second-order valence-corrected chi connectivity index (χ2v) is 8.15. The largest absolute Gasteiger partial charge is 0.354 e. The number of benzene rings is 1. The van der Waals surface area contributed by atoms with Crippen LogP contribution in [-0.4, -0.2) is 48.3 Å². The van der Waals surface area contributed by atoms with Gasteiger partial charge in [0.15, 0.2) is 0 Å². The van der Waals surface area contributed by atoms with Crippen molar-refractivity contribution in [2.75, 3.05) is 19.6 Å². The van der Waals surface area contributed by atoms with E-state index >= 15 is 0 Å². The third-order valence-corrected chi connectivity index (χ3v) is 4.85. The second kappa shape index (κ2) is 9.02. The zero-order valence-corrected chi connectivity index (χ0v) is 16.8. The van der Waals surface area contributed by atoms with Crippen molar-refractivity contribution in [3.63, 3.8) is 0 Å². The van der Waals surface area contributed by atoms with Gasteiger partial charge in [0.2, 0.25) is 11.8 Å². The Kier molecular flexibility index (Phi) is 6.99. The van der Waals surface area contributed by atoms with E-state index in [9.17, 15) is 14.4 Å². The van der Waals surface area contributed by atoms with E-state index in [0.717, 1.165) is 31.5 Å². The zero-order chi connectivity index (χ0) is 20.0. The summed E-state index contributed by atoms with van der Waals surface area (Å²) in [7, 11) is 0. The Bertz CT molecular complexity index is 671. The highest BCUT2D eigenvalue weighted by atomic mass is 16.2. The van der Waals surface area contributed by atoms with Crippen molar-refractivity contribution in [1.29, 1.82) is 0 Å². The van der Waals surface area contributed by atoms with Crippen molar-refractivity contribution >= 4 is 17.7 Å². The Morgan fingerprint density at radius 3 is 2.22 bits per heavy atom. The van der Waals surface area contributed by atoms with Gasteiger partial charge in [0.05, 0.1) is 0 Å². The minimum atomic E-state index is -0.665. The van der Waals surface area contributed by atoms with E-state index in [1.165, 1.54) is 0 Å². The van der Waals surface area contributed by atoms with E-state index in [-0.39, 0.29) is 29.7 Å². The first-order valence-corrected chi connectivity index (χ1v) is 9.65. The van der Waals surface area contributed by atoms with E-state index in [4.69, 9.17) is 0 Å². The third kappa shape index (κ3) is 6.08. The van der Waals surface area contributed by atoms with Crippen molar-refractivity contribution < 1.29 is 14.4 Å². The molecule has 1 unspecified atom stereocenters. The molecule has 0 spiro atoms. The molecule has 0 bridgehead atoms. The maximum Gasteiger partial charge on any atom is 0.251 e. The molecule has 1 aliphatic rings. The van der Waals surface area contributed by atoms with Gasteiger partial charge in [-0.1, -0.05) is 32.9 Å². The van der Waals surface area contributed by atoms with Gasteiger partial charge in [0, 0.05) is 31.6 Å². The molecule has 1 fully saturated rings. The van der Waals surface area contributed by atoms with Crippen LogP contribution in [0.1, 0.15) is 62.9 Å². The fourth-order valence-electron chi connectivity index (χ4n) is 3.04. The van der Waals surface area contributed by atoms with Gasteiger partial charge in [-0.2, -0.15) is 0 Å². The van der Waals surface area contributed by atoms with Gasteiger partial charge in [-0.25, -0.2) is 0 Å². The lowest BCUT2D eigenvalue weighted by molar-refractivity contribution is -0.130. The number of nitrogens with one attached hydrogen (secondary N) is 2. The van der Waals surface area contributed by atoms with Gasteiger partial charge in [-0.15, -0.1) is 0 Å². The van der Waals surface area contributed by atoms with Gasteiger partial charge in [-0.05, 0) is 42.9 Å².